The number of ether oxygens (including phenoxy) is 1. The summed E-state index contributed by atoms with van der Waals surface area (Å²) in [6.45, 7) is 2.28. The van der Waals surface area contributed by atoms with Crippen molar-refractivity contribution in [3.63, 3.8) is 0 Å². The van der Waals surface area contributed by atoms with Gasteiger partial charge in [-0.05, 0) is 25.1 Å². The Kier molecular flexibility index (Phi) is 6.20. The van der Waals surface area contributed by atoms with Crippen LogP contribution in [0.1, 0.15) is 6.42 Å². The van der Waals surface area contributed by atoms with Crippen LogP contribution in [-0.2, 0) is 14.6 Å². The van der Waals surface area contributed by atoms with E-state index in [2.05, 4.69) is 4.98 Å². The van der Waals surface area contributed by atoms with Crippen molar-refractivity contribution < 1.29 is 13.2 Å². The van der Waals surface area contributed by atoms with Crippen LogP contribution < -0.4 is 10.6 Å². The number of pyridine rings is 1. The molecule has 0 aromatic carbocycles. The molecule has 0 aliphatic carbocycles. The molecule has 0 amide bonds. The first-order chi connectivity index (χ1) is 9.00. The summed E-state index contributed by atoms with van der Waals surface area (Å²) in [7, 11) is -1.70. The highest BCUT2D eigenvalue weighted by Gasteiger charge is 2.18. The molecule has 0 radical (unpaired) electrons. The number of sulfone groups is 1. The monoisotopic (exact) mass is 287 g/mol. The van der Waals surface area contributed by atoms with Gasteiger partial charge in [-0.25, -0.2) is 13.4 Å². The molecule has 1 aromatic heterocycles. The first-order valence-corrected chi connectivity index (χ1v) is 7.99. The maximum atomic E-state index is 11.8. The molecule has 0 aliphatic heterocycles. The van der Waals surface area contributed by atoms with Crippen LogP contribution in [0.3, 0.4) is 0 Å². The molecule has 1 rings (SSSR count). The molecule has 0 bridgehead atoms. The molecule has 0 spiro atoms. The zero-order chi connectivity index (χ0) is 14.3. The number of hydrogen-bond acceptors (Lipinski definition) is 6. The van der Waals surface area contributed by atoms with Crippen molar-refractivity contribution in [2.75, 3.05) is 44.5 Å². The first-order valence-electron chi connectivity index (χ1n) is 6.09. The molecule has 1 aromatic rings. The lowest BCUT2D eigenvalue weighted by atomic mass is 10.3. The third kappa shape index (κ3) is 4.77. The topological polar surface area (TPSA) is 85.5 Å². The van der Waals surface area contributed by atoms with Crippen LogP contribution in [0.2, 0.25) is 0 Å². The Bertz CT molecular complexity index is 483. The Hall–Kier alpha value is -1.18. The third-order valence-electron chi connectivity index (χ3n) is 2.65. The van der Waals surface area contributed by atoms with E-state index >= 15 is 0 Å². The normalized spacial score (nSPS) is 11.5. The molecular formula is C12H21N3O3S. The predicted molar refractivity (Wildman–Crippen MR) is 75.1 cm³/mol. The summed E-state index contributed by atoms with van der Waals surface area (Å²) in [6.07, 6.45) is 3.54. The van der Waals surface area contributed by atoms with Crippen LogP contribution in [0.15, 0.2) is 23.2 Å². The molecule has 108 valence electrons. The lowest BCUT2D eigenvalue weighted by Crippen LogP contribution is -2.31. The van der Waals surface area contributed by atoms with Crippen molar-refractivity contribution in [3.05, 3.63) is 18.3 Å². The molecule has 0 saturated heterocycles. The first kappa shape index (κ1) is 15.9. The fraction of sp³-hybridized carbons (Fsp3) is 0.583. The van der Waals surface area contributed by atoms with Crippen molar-refractivity contribution in [1.29, 1.82) is 0 Å². The van der Waals surface area contributed by atoms with Gasteiger partial charge in [0.2, 0.25) is 0 Å². The van der Waals surface area contributed by atoms with Gasteiger partial charge in [-0.3, -0.25) is 0 Å². The maximum absolute atomic E-state index is 11.8. The lowest BCUT2D eigenvalue weighted by Gasteiger charge is -2.24. The van der Waals surface area contributed by atoms with Crippen molar-refractivity contribution in [3.8, 4) is 0 Å². The fourth-order valence-electron chi connectivity index (χ4n) is 1.72. The van der Waals surface area contributed by atoms with Gasteiger partial charge < -0.3 is 15.4 Å². The molecule has 0 atom stereocenters. The SMILES string of the molecule is COCCN(CCCN)c1ncccc1S(C)(=O)=O. The van der Waals surface area contributed by atoms with E-state index < -0.39 is 9.84 Å². The van der Waals surface area contributed by atoms with Gasteiger partial charge in [0.25, 0.3) is 0 Å². The molecule has 2 N–H and O–H groups in total. The van der Waals surface area contributed by atoms with Crippen LogP contribution in [0.4, 0.5) is 5.82 Å². The van der Waals surface area contributed by atoms with Gasteiger partial charge in [-0.1, -0.05) is 0 Å². The Morgan fingerprint density at radius 1 is 1.42 bits per heavy atom. The van der Waals surface area contributed by atoms with Crippen molar-refractivity contribution in [1.82, 2.24) is 4.98 Å². The average molecular weight is 287 g/mol. The summed E-state index contributed by atoms with van der Waals surface area (Å²) in [5.74, 6) is 0.468. The standard InChI is InChI=1S/C12H21N3O3S/c1-18-10-9-15(8-4-6-13)12-11(19(2,16)17)5-3-7-14-12/h3,5,7H,4,6,8-10,13H2,1-2H3. The summed E-state index contributed by atoms with van der Waals surface area (Å²) < 4.78 is 28.6. The van der Waals surface area contributed by atoms with E-state index in [1.54, 1.807) is 25.4 Å². The second-order valence-corrected chi connectivity index (χ2v) is 6.20. The number of rotatable bonds is 8. The van der Waals surface area contributed by atoms with Gasteiger partial charge in [-0.15, -0.1) is 0 Å². The van der Waals surface area contributed by atoms with Gasteiger partial charge in [0, 0.05) is 32.7 Å². The largest absolute Gasteiger partial charge is 0.383 e. The highest BCUT2D eigenvalue weighted by Crippen LogP contribution is 2.22. The Morgan fingerprint density at radius 3 is 2.74 bits per heavy atom. The Balaban J connectivity index is 3.07. The van der Waals surface area contributed by atoms with E-state index in [9.17, 15) is 8.42 Å². The van der Waals surface area contributed by atoms with Crippen molar-refractivity contribution in [2.45, 2.75) is 11.3 Å². The van der Waals surface area contributed by atoms with Crippen LogP contribution in [0.25, 0.3) is 0 Å². The molecule has 0 aliphatic rings. The minimum absolute atomic E-state index is 0.239. The van der Waals surface area contributed by atoms with Crippen LogP contribution >= 0.6 is 0 Å². The van der Waals surface area contributed by atoms with Crippen LogP contribution in [-0.4, -0.2) is 53.0 Å². The van der Waals surface area contributed by atoms with Gasteiger partial charge in [0.1, 0.15) is 10.7 Å². The van der Waals surface area contributed by atoms with E-state index in [1.165, 1.54) is 6.26 Å². The van der Waals surface area contributed by atoms with Gasteiger partial charge in [-0.2, -0.15) is 0 Å². The average Bonchev–Trinajstić information content (AvgIpc) is 2.38. The van der Waals surface area contributed by atoms with E-state index in [1.807, 2.05) is 4.90 Å². The van der Waals surface area contributed by atoms with Crippen LogP contribution in [0.5, 0.6) is 0 Å². The summed E-state index contributed by atoms with van der Waals surface area (Å²) in [5, 5.41) is 0. The third-order valence-corrected chi connectivity index (χ3v) is 3.76. The number of anilines is 1. The summed E-state index contributed by atoms with van der Waals surface area (Å²) in [6, 6.07) is 3.19. The van der Waals surface area contributed by atoms with Gasteiger partial charge in [0.05, 0.1) is 6.61 Å². The number of aromatic nitrogens is 1. The van der Waals surface area contributed by atoms with E-state index in [0.29, 0.717) is 32.1 Å². The molecule has 6 nitrogen and oxygen atoms in total. The Labute approximate surface area is 114 Å². The maximum Gasteiger partial charge on any atom is 0.179 e. The highest BCUT2D eigenvalue weighted by atomic mass is 32.2. The van der Waals surface area contributed by atoms with E-state index in [-0.39, 0.29) is 4.90 Å². The molecular weight excluding hydrogens is 266 g/mol. The highest BCUT2D eigenvalue weighted by molar-refractivity contribution is 7.90. The number of nitrogens with two attached hydrogens (primary N) is 1. The molecule has 7 heteroatoms. The number of methoxy groups -OCH3 is 1. The second kappa shape index (κ2) is 7.42. The minimum Gasteiger partial charge on any atom is -0.383 e. The lowest BCUT2D eigenvalue weighted by molar-refractivity contribution is 0.205. The quantitative estimate of drug-likeness (QED) is 0.739. The summed E-state index contributed by atoms with van der Waals surface area (Å²) in [5.41, 5.74) is 5.51. The van der Waals surface area contributed by atoms with E-state index in [0.717, 1.165) is 6.42 Å². The zero-order valence-corrected chi connectivity index (χ0v) is 12.2. The van der Waals surface area contributed by atoms with E-state index in [4.69, 9.17) is 10.5 Å². The molecule has 0 unspecified atom stereocenters. The minimum atomic E-state index is -3.30. The fourth-order valence-corrected chi connectivity index (χ4v) is 2.56. The second-order valence-electron chi connectivity index (χ2n) is 4.22. The van der Waals surface area contributed by atoms with Crippen molar-refractivity contribution in [2.24, 2.45) is 5.73 Å². The van der Waals surface area contributed by atoms with Gasteiger partial charge >= 0.3 is 0 Å². The van der Waals surface area contributed by atoms with Crippen LogP contribution in [0, 0.1) is 0 Å². The van der Waals surface area contributed by atoms with Crippen molar-refractivity contribution >= 4 is 15.7 Å². The van der Waals surface area contributed by atoms with Gasteiger partial charge in [0.15, 0.2) is 9.84 Å². The zero-order valence-electron chi connectivity index (χ0n) is 11.4. The number of hydrogen-bond donors (Lipinski definition) is 1. The molecule has 0 fully saturated rings. The summed E-state index contributed by atoms with van der Waals surface area (Å²) in [4.78, 5) is 6.34. The summed E-state index contributed by atoms with van der Waals surface area (Å²) >= 11 is 0. The Morgan fingerprint density at radius 2 is 2.16 bits per heavy atom. The smallest absolute Gasteiger partial charge is 0.179 e. The number of nitrogens with zero attached hydrogens (tertiary/aromatic N) is 2. The molecule has 1 heterocycles. The predicted octanol–water partition coefficient (Wildman–Crippen LogP) is 0.287. The molecule has 19 heavy (non-hydrogen) atoms. The molecule has 0 saturated carbocycles.